The predicted molar refractivity (Wildman–Crippen MR) is 120 cm³/mol. The standard InChI is InChI=1S/C23H28ClN3O4/c24-18-14-17(15-21(16-18)31-13-11-26-19-7-9-25-10-8-19)23(30)27(12-3-6-22(28)29)20-4-1-2-5-20/h7-10,14-16,20H,1-6,11-13H2,(H,25,26)(H,28,29). The van der Waals surface area contributed by atoms with E-state index in [4.69, 9.17) is 21.4 Å². The second-order valence-electron chi connectivity index (χ2n) is 7.62. The zero-order valence-electron chi connectivity index (χ0n) is 17.4. The average Bonchev–Trinajstić information content (AvgIpc) is 3.28. The molecule has 1 saturated carbocycles. The van der Waals surface area contributed by atoms with E-state index in [-0.39, 0.29) is 18.4 Å². The number of rotatable bonds is 11. The summed E-state index contributed by atoms with van der Waals surface area (Å²) in [6.45, 7) is 1.42. The Morgan fingerprint density at radius 2 is 1.94 bits per heavy atom. The van der Waals surface area contributed by atoms with Gasteiger partial charge in [0, 0.05) is 54.2 Å². The summed E-state index contributed by atoms with van der Waals surface area (Å²) < 4.78 is 5.81. The Balaban J connectivity index is 1.63. The molecule has 8 heteroatoms. The van der Waals surface area contributed by atoms with Crippen LogP contribution in [0, 0.1) is 0 Å². The van der Waals surface area contributed by atoms with Crippen molar-refractivity contribution in [3.8, 4) is 5.75 Å². The fraction of sp³-hybridized carbons (Fsp3) is 0.435. The lowest BCUT2D eigenvalue weighted by molar-refractivity contribution is -0.137. The molecule has 2 aromatic rings. The number of halogens is 1. The van der Waals surface area contributed by atoms with Crippen LogP contribution in [0.4, 0.5) is 5.69 Å². The van der Waals surface area contributed by atoms with E-state index in [0.717, 1.165) is 31.4 Å². The molecule has 166 valence electrons. The summed E-state index contributed by atoms with van der Waals surface area (Å²) in [4.78, 5) is 30.0. The second kappa shape index (κ2) is 11.6. The summed E-state index contributed by atoms with van der Waals surface area (Å²) in [6.07, 6.45) is 7.97. The molecule has 31 heavy (non-hydrogen) atoms. The van der Waals surface area contributed by atoms with Crippen molar-refractivity contribution in [3.05, 3.63) is 53.3 Å². The highest BCUT2D eigenvalue weighted by Crippen LogP contribution is 2.28. The molecule has 2 N–H and O–H groups in total. The first kappa shape index (κ1) is 22.9. The van der Waals surface area contributed by atoms with E-state index in [9.17, 15) is 9.59 Å². The van der Waals surface area contributed by atoms with Gasteiger partial charge in [0.15, 0.2) is 0 Å². The van der Waals surface area contributed by atoms with Gasteiger partial charge in [0.25, 0.3) is 5.91 Å². The van der Waals surface area contributed by atoms with Gasteiger partial charge in [0.1, 0.15) is 12.4 Å². The van der Waals surface area contributed by atoms with Crippen molar-refractivity contribution < 1.29 is 19.4 Å². The van der Waals surface area contributed by atoms with E-state index in [1.807, 2.05) is 17.0 Å². The maximum atomic E-state index is 13.3. The number of nitrogens with one attached hydrogen (secondary N) is 1. The van der Waals surface area contributed by atoms with Crippen LogP contribution in [0.15, 0.2) is 42.7 Å². The highest BCUT2D eigenvalue weighted by molar-refractivity contribution is 6.31. The number of hydrogen-bond acceptors (Lipinski definition) is 5. The first-order valence-corrected chi connectivity index (χ1v) is 11.0. The molecule has 0 atom stereocenters. The number of anilines is 1. The largest absolute Gasteiger partial charge is 0.492 e. The van der Waals surface area contributed by atoms with Crippen molar-refractivity contribution >= 4 is 29.2 Å². The SMILES string of the molecule is O=C(O)CCCN(C(=O)c1cc(Cl)cc(OCCNc2ccncc2)c1)C1CCCC1. The van der Waals surface area contributed by atoms with Crippen molar-refractivity contribution in [1.82, 2.24) is 9.88 Å². The van der Waals surface area contributed by atoms with Crippen LogP contribution in [-0.2, 0) is 4.79 Å². The third-order valence-electron chi connectivity index (χ3n) is 5.31. The van der Waals surface area contributed by atoms with Gasteiger partial charge >= 0.3 is 5.97 Å². The number of carbonyl (C=O) groups excluding carboxylic acids is 1. The lowest BCUT2D eigenvalue weighted by Gasteiger charge is -2.29. The number of pyridine rings is 1. The van der Waals surface area contributed by atoms with Crippen molar-refractivity contribution in [3.63, 3.8) is 0 Å². The van der Waals surface area contributed by atoms with Crippen LogP contribution in [0.25, 0.3) is 0 Å². The number of aromatic nitrogens is 1. The molecule has 1 fully saturated rings. The number of nitrogens with zero attached hydrogens (tertiary/aromatic N) is 2. The molecule has 1 aliphatic rings. The molecule has 1 heterocycles. The van der Waals surface area contributed by atoms with Crippen LogP contribution in [0.2, 0.25) is 5.02 Å². The average molecular weight is 446 g/mol. The van der Waals surface area contributed by atoms with Crippen LogP contribution in [0.1, 0.15) is 48.9 Å². The molecule has 0 radical (unpaired) electrons. The summed E-state index contributed by atoms with van der Waals surface area (Å²) in [7, 11) is 0. The van der Waals surface area contributed by atoms with Crippen LogP contribution < -0.4 is 10.1 Å². The van der Waals surface area contributed by atoms with Gasteiger partial charge in [-0.05, 0) is 49.6 Å². The minimum absolute atomic E-state index is 0.0465. The van der Waals surface area contributed by atoms with Gasteiger partial charge in [0.05, 0.1) is 0 Å². The van der Waals surface area contributed by atoms with E-state index in [2.05, 4.69) is 10.3 Å². The number of aliphatic carboxylic acids is 1. The minimum Gasteiger partial charge on any atom is -0.492 e. The molecule has 3 rings (SSSR count). The normalized spacial score (nSPS) is 13.7. The molecule has 7 nitrogen and oxygen atoms in total. The van der Waals surface area contributed by atoms with Gasteiger partial charge < -0.3 is 20.1 Å². The zero-order valence-corrected chi connectivity index (χ0v) is 18.2. The van der Waals surface area contributed by atoms with E-state index in [0.29, 0.717) is 42.5 Å². The number of carboxylic acid groups (broad SMARTS) is 1. The quantitative estimate of drug-likeness (QED) is 0.495. The first-order valence-electron chi connectivity index (χ1n) is 10.6. The van der Waals surface area contributed by atoms with E-state index in [1.165, 1.54) is 0 Å². The molecule has 1 aromatic heterocycles. The number of carboxylic acids is 1. The Labute approximate surface area is 187 Å². The second-order valence-corrected chi connectivity index (χ2v) is 8.06. The molecule has 0 aliphatic heterocycles. The monoisotopic (exact) mass is 445 g/mol. The summed E-state index contributed by atoms with van der Waals surface area (Å²) in [6, 6.07) is 8.94. The van der Waals surface area contributed by atoms with Gasteiger partial charge in [0.2, 0.25) is 0 Å². The highest BCUT2D eigenvalue weighted by Gasteiger charge is 2.27. The number of amides is 1. The van der Waals surface area contributed by atoms with Crippen molar-refractivity contribution in [1.29, 1.82) is 0 Å². The molecule has 1 amide bonds. The van der Waals surface area contributed by atoms with Gasteiger partial charge in [-0.3, -0.25) is 14.6 Å². The molecular formula is C23H28ClN3O4. The van der Waals surface area contributed by atoms with Gasteiger partial charge in [-0.1, -0.05) is 24.4 Å². The Hall–Kier alpha value is -2.80. The molecular weight excluding hydrogens is 418 g/mol. The van der Waals surface area contributed by atoms with Crippen LogP contribution in [0.5, 0.6) is 5.75 Å². The predicted octanol–water partition coefficient (Wildman–Crippen LogP) is 4.48. The number of ether oxygens (including phenoxy) is 1. The summed E-state index contributed by atoms with van der Waals surface area (Å²) >= 11 is 6.26. The number of carbonyl (C=O) groups is 2. The number of benzene rings is 1. The van der Waals surface area contributed by atoms with Gasteiger partial charge in [-0.25, -0.2) is 0 Å². The third-order valence-corrected chi connectivity index (χ3v) is 5.53. The topological polar surface area (TPSA) is 91.8 Å². The first-order chi connectivity index (χ1) is 15.0. The van der Waals surface area contributed by atoms with E-state index in [1.54, 1.807) is 30.6 Å². The lowest BCUT2D eigenvalue weighted by Crippen LogP contribution is -2.39. The highest BCUT2D eigenvalue weighted by atomic mass is 35.5. The number of hydrogen-bond donors (Lipinski definition) is 2. The van der Waals surface area contributed by atoms with Crippen LogP contribution >= 0.6 is 11.6 Å². The van der Waals surface area contributed by atoms with Crippen molar-refractivity contribution in [2.45, 2.75) is 44.6 Å². The lowest BCUT2D eigenvalue weighted by atomic mass is 10.1. The summed E-state index contributed by atoms with van der Waals surface area (Å²) in [5.41, 5.74) is 1.42. The molecule has 0 saturated heterocycles. The maximum absolute atomic E-state index is 13.3. The summed E-state index contributed by atoms with van der Waals surface area (Å²) in [5, 5.41) is 12.6. The third kappa shape index (κ3) is 7.14. The fourth-order valence-electron chi connectivity index (χ4n) is 3.84. The van der Waals surface area contributed by atoms with Gasteiger partial charge in [-0.15, -0.1) is 0 Å². The zero-order chi connectivity index (χ0) is 22.1. The molecule has 1 aliphatic carbocycles. The smallest absolute Gasteiger partial charge is 0.303 e. The molecule has 0 unspecified atom stereocenters. The maximum Gasteiger partial charge on any atom is 0.303 e. The molecule has 0 spiro atoms. The van der Waals surface area contributed by atoms with E-state index < -0.39 is 5.97 Å². The Bertz CT molecular complexity index is 872. The van der Waals surface area contributed by atoms with Crippen molar-refractivity contribution in [2.24, 2.45) is 0 Å². The van der Waals surface area contributed by atoms with Gasteiger partial charge in [-0.2, -0.15) is 0 Å². The van der Waals surface area contributed by atoms with Crippen LogP contribution in [-0.4, -0.2) is 52.6 Å². The molecule has 1 aromatic carbocycles. The fourth-order valence-corrected chi connectivity index (χ4v) is 4.06. The minimum atomic E-state index is -0.849. The van der Waals surface area contributed by atoms with Crippen molar-refractivity contribution in [2.75, 3.05) is 25.0 Å². The Kier molecular flexibility index (Phi) is 8.53. The Morgan fingerprint density at radius 1 is 1.19 bits per heavy atom. The van der Waals surface area contributed by atoms with E-state index >= 15 is 0 Å². The Morgan fingerprint density at radius 3 is 2.65 bits per heavy atom. The summed E-state index contributed by atoms with van der Waals surface area (Å²) in [5.74, 6) is -0.443. The van der Waals surface area contributed by atoms with Crippen LogP contribution in [0.3, 0.4) is 0 Å². The molecule has 0 bridgehead atoms.